The standard InChI is InChI=1S/C8H12F3NO2/c1-7(5-13)2-3-12(4-7)6(14)8(9,10)11/h13H,2-5H2,1H3. The maximum atomic E-state index is 12.0. The van der Waals surface area contributed by atoms with E-state index in [9.17, 15) is 18.0 Å². The van der Waals surface area contributed by atoms with Crippen molar-refractivity contribution in [3.63, 3.8) is 0 Å². The summed E-state index contributed by atoms with van der Waals surface area (Å²) >= 11 is 0. The predicted molar refractivity (Wildman–Crippen MR) is 42.4 cm³/mol. The monoisotopic (exact) mass is 211 g/mol. The van der Waals surface area contributed by atoms with Crippen molar-refractivity contribution in [2.24, 2.45) is 5.41 Å². The van der Waals surface area contributed by atoms with Crippen LogP contribution in [0, 0.1) is 5.41 Å². The fourth-order valence-corrected chi connectivity index (χ4v) is 1.51. The van der Waals surface area contributed by atoms with Crippen molar-refractivity contribution in [3.8, 4) is 0 Å². The van der Waals surface area contributed by atoms with Crippen LogP contribution in [0.1, 0.15) is 13.3 Å². The molecule has 0 aromatic carbocycles. The predicted octanol–water partition coefficient (Wildman–Crippen LogP) is 0.780. The molecule has 1 aliphatic rings. The first-order valence-corrected chi connectivity index (χ1v) is 4.25. The molecule has 1 N–H and O–H groups in total. The van der Waals surface area contributed by atoms with Crippen molar-refractivity contribution in [1.29, 1.82) is 0 Å². The number of hydrogen-bond acceptors (Lipinski definition) is 2. The zero-order chi connectivity index (χ0) is 11.0. The SMILES string of the molecule is CC1(CO)CCN(C(=O)C(F)(F)F)C1. The van der Waals surface area contributed by atoms with E-state index in [-0.39, 0.29) is 19.7 Å². The van der Waals surface area contributed by atoms with Crippen LogP contribution in [0.3, 0.4) is 0 Å². The Morgan fingerprint density at radius 2 is 2.14 bits per heavy atom. The Kier molecular flexibility index (Phi) is 2.76. The lowest BCUT2D eigenvalue weighted by Crippen LogP contribution is -2.41. The van der Waals surface area contributed by atoms with E-state index in [2.05, 4.69) is 0 Å². The first kappa shape index (κ1) is 11.3. The maximum absolute atomic E-state index is 12.0. The lowest BCUT2D eigenvalue weighted by Gasteiger charge is -2.22. The van der Waals surface area contributed by atoms with Gasteiger partial charge in [0.1, 0.15) is 0 Å². The highest BCUT2D eigenvalue weighted by molar-refractivity contribution is 5.82. The fourth-order valence-electron chi connectivity index (χ4n) is 1.51. The molecule has 82 valence electrons. The van der Waals surface area contributed by atoms with Crippen molar-refractivity contribution in [3.05, 3.63) is 0 Å². The molecule has 1 amide bonds. The second-order valence-electron chi connectivity index (χ2n) is 3.94. The number of amides is 1. The Hall–Kier alpha value is -0.780. The molecule has 14 heavy (non-hydrogen) atoms. The number of rotatable bonds is 1. The summed E-state index contributed by atoms with van der Waals surface area (Å²) in [5.74, 6) is -1.81. The molecule has 1 atom stereocenters. The summed E-state index contributed by atoms with van der Waals surface area (Å²) in [4.78, 5) is 11.5. The zero-order valence-electron chi connectivity index (χ0n) is 7.76. The molecule has 1 aliphatic heterocycles. The van der Waals surface area contributed by atoms with E-state index in [0.29, 0.717) is 6.42 Å². The van der Waals surface area contributed by atoms with E-state index >= 15 is 0 Å². The zero-order valence-corrected chi connectivity index (χ0v) is 7.76. The molecule has 0 radical (unpaired) electrons. The summed E-state index contributed by atoms with van der Waals surface area (Å²) in [6.07, 6.45) is -4.40. The molecule has 1 fully saturated rings. The van der Waals surface area contributed by atoms with E-state index in [1.165, 1.54) is 0 Å². The van der Waals surface area contributed by atoms with Crippen LogP contribution >= 0.6 is 0 Å². The van der Waals surface area contributed by atoms with Crippen LogP contribution in [0.5, 0.6) is 0 Å². The van der Waals surface area contributed by atoms with E-state index in [1.54, 1.807) is 6.92 Å². The molecule has 3 nitrogen and oxygen atoms in total. The number of halogens is 3. The van der Waals surface area contributed by atoms with E-state index in [1.807, 2.05) is 0 Å². The third kappa shape index (κ3) is 2.17. The Labute approximate surface area is 79.5 Å². The van der Waals surface area contributed by atoms with Crippen molar-refractivity contribution >= 4 is 5.91 Å². The van der Waals surface area contributed by atoms with Gasteiger partial charge in [0.2, 0.25) is 0 Å². The summed E-state index contributed by atoms with van der Waals surface area (Å²) in [6, 6.07) is 0. The molecule has 0 bridgehead atoms. The Morgan fingerprint density at radius 3 is 2.50 bits per heavy atom. The molecule has 1 heterocycles. The molecule has 0 aromatic heterocycles. The molecular formula is C8H12F3NO2. The summed E-state index contributed by atoms with van der Waals surface area (Å²) in [6.45, 7) is 1.50. The number of aliphatic hydroxyl groups excluding tert-OH is 1. The number of carbonyl (C=O) groups excluding carboxylic acids is 1. The number of likely N-dealkylation sites (tertiary alicyclic amines) is 1. The lowest BCUT2D eigenvalue weighted by atomic mass is 9.91. The molecule has 6 heteroatoms. The number of aliphatic hydroxyl groups is 1. The largest absolute Gasteiger partial charge is 0.471 e. The van der Waals surface area contributed by atoms with Gasteiger partial charge >= 0.3 is 12.1 Å². The van der Waals surface area contributed by atoms with Gasteiger partial charge in [0.05, 0.1) is 6.61 Å². The van der Waals surface area contributed by atoms with E-state index in [0.717, 1.165) is 4.90 Å². The smallest absolute Gasteiger partial charge is 0.396 e. The van der Waals surface area contributed by atoms with Gasteiger partial charge in [0, 0.05) is 18.5 Å². The van der Waals surface area contributed by atoms with Gasteiger partial charge in [-0.05, 0) is 6.42 Å². The molecule has 1 saturated heterocycles. The van der Waals surface area contributed by atoms with Gasteiger partial charge in [-0.15, -0.1) is 0 Å². The molecule has 1 rings (SSSR count). The van der Waals surface area contributed by atoms with Crippen LogP contribution in [0.4, 0.5) is 13.2 Å². The van der Waals surface area contributed by atoms with Crippen molar-refractivity contribution in [1.82, 2.24) is 4.90 Å². The highest BCUT2D eigenvalue weighted by Gasteiger charge is 2.46. The Bertz CT molecular complexity index is 241. The minimum absolute atomic E-state index is 0.0259. The van der Waals surface area contributed by atoms with Gasteiger partial charge < -0.3 is 10.0 Å². The van der Waals surface area contributed by atoms with Gasteiger partial charge in [-0.1, -0.05) is 6.92 Å². The lowest BCUT2D eigenvalue weighted by molar-refractivity contribution is -0.184. The minimum atomic E-state index is -4.80. The fraction of sp³-hybridized carbons (Fsp3) is 0.875. The topological polar surface area (TPSA) is 40.5 Å². The van der Waals surface area contributed by atoms with Crippen LogP contribution < -0.4 is 0 Å². The van der Waals surface area contributed by atoms with Crippen molar-refractivity contribution < 1.29 is 23.1 Å². The quantitative estimate of drug-likeness (QED) is 0.696. The van der Waals surface area contributed by atoms with E-state index < -0.39 is 17.5 Å². The second kappa shape index (κ2) is 3.42. The van der Waals surface area contributed by atoms with Gasteiger partial charge in [-0.25, -0.2) is 0 Å². The highest BCUT2D eigenvalue weighted by Crippen LogP contribution is 2.31. The molecule has 0 aromatic rings. The van der Waals surface area contributed by atoms with Crippen LogP contribution in [-0.4, -0.2) is 41.8 Å². The molecular weight excluding hydrogens is 199 g/mol. The highest BCUT2D eigenvalue weighted by atomic mass is 19.4. The van der Waals surface area contributed by atoms with Crippen molar-refractivity contribution in [2.45, 2.75) is 19.5 Å². The van der Waals surface area contributed by atoms with Crippen LogP contribution in [0.15, 0.2) is 0 Å². The summed E-state index contributed by atoms with van der Waals surface area (Å²) < 4.78 is 36.0. The number of alkyl halides is 3. The first-order chi connectivity index (χ1) is 6.28. The molecule has 0 spiro atoms. The molecule has 0 aliphatic carbocycles. The second-order valence-corrected chi connectivity index (χ2v) is 3.94. The normalized spacial score (nSPS) is 28.2. The van der Waals surface area contributed by atoms with Gasteiger partial charge in [0.25, 0.3) is 0 Å². The van der Waals surface area contributed by atoms with Gasteiger partial charge in [-0.3, -0.25) is 4.79 Å². The number of nitrogens with zero attached hydrogens (tertiary/aromatic N) is 1. The molecule has 1 unspecified atom stereocenters. The Balaban J connectivity index is 2.63. The van der Waals surface area contributed by atoms with Crippen molar-refractivity contribution in [2.75, 3.05) is 19.7 Å². The van der Waals surface area contributed by atoms with E-state index in [4.69, 9.17) is 5.11 Å². The third-order valence-electron chi connectivity index (χ3n) is 2.47. The summed E-state index contributed by atoms with van der Waals surface area (Å²) in [5, 5.41) is 8.91. The Morgan fingerprint density at radius 1 is 1.57 bits per heavy atom. The number of hydrogen-bond donors (Lipinski definition) is 1. The average molecular weight is 211 g/mol. The average Bonchev–Trinajstić information content (AvgIpc) is 2.46. The van der Waals surface area contributed by atoms with Gasteiger partial charge in [0.15, 0.2) is 0 Å². The first-order valence-electron chi connectivity index (χ1n) is 4.25. The molecule has 0 saturated carbocycles. The summed E-state index contributed by atoms with van der Waals surface area (Å²) in [7, 11) is 0. The number of carbonyl (C=O) groups is 1. The van der Waals surface area contributed by atoms with Crippen LogP contribution in [-0.2, 0) is 4.79 Å². The third-order valence-corrected chi connectivity index (χ3v) is 2.47. The summed E-state index contributed by atoms with van der Waals surface area (Å²) in [5.41, 5.74) is -0.582. The van der Waals surface area contributed by atoms with Crippen LogP contribution in [0.2, 0.25) is 0 Å². The minimum Gasteiger partial charge on any atom is -0.396 e. The van der Waals surface area contributed by atoms with Gasteiger partial charge in [-0.2, -0.15) is 13.2 Å². The maximum Gasteiger partial charge on any atom is 0.471 e. The van der Waals surface area contributed by atoms with Crippen LogP contribution in [0.25, 0.3) is 0 Å².